The maximum atomic E-state index is 13.1. The normalized spacial score (nSPS) is 35.2. The largest absolute Gasteiger partial charge is 0.452 e. The number of benzene rings is 1. The van der Waals surface area contributed by atoms with Crippen molar-refractivity contribution in [3.63, 3.8) is 0 Å². The van der Waals surface area contributed by atoms with E-state index in [4.69, 9.17) is 20.8 Å². The summed E-state index contributed by atoms with van der Waals surface area (Å²) in [5.74, 6) is 1.73. The quantitative estimate of drug-likeness (QED) is 0.551. The molecule has 142 valence electrons. The monoisotopic (exact) mass is 386 g/mol. The minimum absolute atomic E-state index is 0.145. The number of hydrogen-bond acceptors (Lipinski definition) is 5. The Kier molecular flexibility index (Phi) is 3.87. The predicted octanol–water partition coefficient (Wildman–Crippen LogP) is 4.92. The van der Waals surface area contributed by atoms with E-state index >= 15 is 0 Å². The van der Waals surface area contributed by atoms with Crippen LogP contribution in [-0.4, -0.2) is 21.0 Å². The molecule has 6 rings (SSSR count). The summed E-state index contributed by atoms with van der Waals surface area (Å²) in [4.78, 5) is 12.9. The molecule has 4 fully saturated rings. The van der Waals surface area contributed by atoms with E-state index < -0.39 is 11.5 Å². The van der Waals surface area contributed by atoms with Crippen LogP contribution in [0.2, 0.25) is 0 Å². The van der Waals surface area contributed by atoms with E-state index in [-0.39, 0.29) is 10.8 Å². The molecule has 3 unspecified atom stereocenters. The summed E-state index contributed by atoms with van der Waals surface area (Å²) in [6, 6.07) is 9.57. The summed E-state index contributed by atoms with van der Waals surface area (Å²) in [5, 5.41) is 8.17. The molecule has 4 aliphatic carbocycles. The van der Waals surface area contributed by atoms with Crippen LogP contribution in [-0.2, 0) is 9.53 Å². The third-order valence-electron chi connectivity index (χ3n) is 6.52. The van der Waals surface area contributed by atoms with Gasteiger partial charge in [0.1, 0.15) is 0 Å². The van der Waals surface area contributed by atoms with Gasteiger partial charge in [-0.2, -0.15) is 0 Å². The van der Waals surface area contributed by atoms with Crippen LogP contribution in [0.25, 0.3) is 11.5 Å². The maximum absolute atomic E-state index is 13.1. The molecular formula is C21H23ClN2O3. The molecule has 1 aromatic heterocycles. The molecule has 1 aromatic carbocycles. The van der Waals surface area contributed by atoms with Gasteiger partial charge in [0.15, 0.2) is 6.10 Å². The molecule has 1 heterocycles. The van der Waals surface area contributed by atoms with E-state index in [1.807, 2.05) is 30.3 Å². The van der Waals surface area contributed by atoms with Gasteiger partial charge in [-0.1, -0.05) is 18.2 Å². The third-order valence-corrected chi connectivity index (χ3v) is 6.96. The van der Waals surface area contributed by atoms with Crippen LogP contribution < -0.4 is 0 Å². The van der Waals surface area contributed by atoms with Crippen molar-refractivity contribution in [2.45, 2.75) is 56.4 Å². The summed E-state index contributed by atoms with van der Waals surface area (Å²) in [6.45, 7) is 1.79. The minimum Gasteiger partial charge on any atom is -0.452 e. The van der Waals surface area contributed by atoms with E-state index in [2.05, 4.69) is 10.2 Å². The minimum atomic E-state index is -0.568. The summed E-state index contributed by atoms with van der Waals surface area (Å²) in [6.07, 6.45) is 5.27. The van der Waals surface area contributed by atoms with Gasteiger partial charge >= 0.3 is 5.97 Å². The molecule has 2 aromatic rings. The zero-order valence-electron chi connectivity index (χ0n) is 15.4. The van der Waals surface area contributed by atoms with Crippen molar-refractivity contribution in [3.8, 4) is 11.5 Å². The molecule has 4 bridgehead atoms. The first-order valence-corrected chi connectivity index (χ1v) is 10.1. The highest BCUT2D eigenvalue weighted by Gasteiger charge is 2.61. The molecule has 0 radical (unpaired) electrons. The maximum Gasteiger partial charge on any atom is 0.312 e. The lowest BCUT2D eigenvalue weighted by molar-refractivity contribution is -0.176. The van der Waals surface area contributed by atoms with Crippen molar-refractivity contribution in [3.05, 3.63) is 36.2 Å². The number of carbonyl (C=O) groups excluding carboxylic acids is 1. The van der Waals surface area contributed by atoms with Gasteiger partial charge in [-0.15, -0.1) is 21.8 Å². The Hall–Kier alpha value is -1.88. The molecule has 5 nitrogen and oxygen atoms in total. The fourth-order valence-electron chi connectivity index (χ4n) is 5.82. The van der Waals surface area contributed by atoms with E-state index in [1.165, 1.54) is 6.42 Å². The Bertz CT molecular complexity index is 851. The van der Waals surface area contributed by atoms with Crippen molar-refractivity contribution in [1.29, 1.82) is 0 Å². The van der Waals surface area contributed by atoms with Crippen molar-refractivity contribution >= 4 is 17.6 Å². The molecule has 0 spiro atoms. The van der Waals surface area contributed by atoms with Crippen LogP contribution in [0.1, 0.15) is 57.4 Å². The van der Waals surface area contributed by atoms with E-state index in [1.54, 1.807) is 6.92 Å². The molecule has 0 aliphatic heterocycles. The number of aromatic nitrogens is 2. The van der Waals surface area contributed by atoms with Crippen LogP contribution in [0.15, 0.2) is 34.7 Å². The number of esters is 1. The second kappa shape index (κ2) is 6.06. The summed E-state index contributed by atoms with van der Waals surface area (Å²) in [7, 11) is 0. The van der Waals surface area contributed by atoms with Gasteiger partial charge in [0, 0.05) is 10.4 Å². The molecule has 4 saturated carbocycles. The molecule has 27 heavy (non-hydrogen) atoms. The number of rotatable bonds is 4. The molecular weight excluding hydrogens is 364 g/mol. The molecule has 0 amide bonds. The number of nitrogens with zero attached hydrogens (tertiary/aromatic N) is 2. The fourth-order valence-corrected chi connectivity index (χ4v) is 6.51. The Morgan fingerprint density at radius 1 is 1.19 bits per heavy atom. The number of alkyl halides is 1. The van der Waals surface area contributed by atoms with Gasteiger partial charge in [-0.3, -0.25) is 4.79 Å². The highest BCUT2D eigenvalue weighted by atomic mass is 35.5. The Balaban J connectivity index is 1.32. The van der Waals surface area contributed by atoms with Gasteiger partial charge < -0.3 is 9.15 Å². The number of ether oxygens (including phenoxy) is 1. The molecule has 3 atom stereocenters. The van der Waals surface area contributed by atoms with Crippen molar-refractivity contribution in [1.82, 2.24) is 10.2 Å². The average molecular weight is 387 g/mol. The summed E-state index contributed by atoms with van der Waals surface area (Å²) >= 11 is 6.84. The number of carbonyl (C=O) groups is 1. The second-order valence-electron chi connectivity index (χ2n) is 8.75. The topological polar surface area (TPSA) is 65.2 Å². The van der Waals surface area contributed by atoms with E-state index in [0.717, 1.165) is 37.7 Å². The first-order chi connectivity index (χ1) is 12.9. The van der Waals surface area contributed by atoms with E-state index in [0.29, 0.717) is 23.6 Å². The lowest BCUT2D eigenvalue weighted by atomic mass is 9.49. The Morgan fingerprint density at radius 2 is 1.89 bits per heavy atom. The summed E-state index contributed by atoms with van der Waals surface area (Å²) < 4.78 is 11.6. The van der Waals surface area contributed by atoms with Crippen LogP contribution in [0.4, 0.5) is 0 Å². The zero-order chi connectivity index (χ0) is 18.6. The van der Waals surface area contributed by atoms with Gasteiger partial charge in [0.05, 0.1) is 5.41 Å². The van der Waals surface area contributed by atoms with Crippen molar-refractivity contribution in [2.75, 3.05) is 0 Å². The van der Waals surface area contributed by atoms with Crippen LogP contribution >= 0.6 is 11.6 Å². The standard InChI is InChI=1S/C21H23ClN2O3/c1-13(17-23-24-18(27-17)16-5-3-2-4-6-16)26-19(25)20-8-14-7-15(9-20)11-21(22,10-14)12-20/h2-6,13-15H,7-12H2,1H3. The smallest absolute Gasteiger partial charge is 0.312 e. The fraction of sp³-hybridized carbons (Fsp3) is 0.571. The zero-order valence-corrected chi connectivity index (χ0v) is 16.1. The highest BCUT2D eigenvalue weighted by Crippen LogP contribution is 2.64. The SMILES string of the molecule is CC(OC(=O)C12CC3CC(CC(Cl)(C3)C1)C2)c1nnc(-c2ccccc2)o1. The van der Waals surface area contributed by atoms with Gasteiger partial charge in [0.2, 0.25) is 5.89 Å². The van der Waals surface area contributed by atoms with Gasteiger partial charge in [-0.05, 0) is 69.4 Å². The Labute approximate surface area is 163 Å². The van der Waals surface area contributed by atoms with Crippen molar-refractivity contribution < 1.29 is 13.9 Å². The molecule has 0 saturated heterocycles. The average Bonchev–Trinajstić information content (AvgIpc) is 3.10. The lowest BCUT2D eigenvalue weighted by Crippen LogP contribution is -2.56. The van der Waals surface area contributed by atoms with Crippen molar-refractivity contribution in [2.24, 2.45) is 17.3 Å². The summed E-state index contributed by atoms with van der Waals surface area (Å²) in [5.41, 5.74) is 0.419. The lowest BCUT2D eigenvalue weighted by Gasteiger charge is -2.58. The van der Waals surface area contributed by atoms with Crippen LogP contribution in [0.5, 0.6) is 0 Å². The number of hydrogen-bond donors (Lipinski definition) is 0. The first kappa shape index (κ1) is 17.2. The Morgan fingerprint density at radius 3 is 2.56 bits per heavy atom. The van der Waals surface area contributed by atoms with E-state index in [9.17, 15) is 4.79 Å². The molecule has 6 heteroatoms. The first-order valence-electron chi connectivity index (χ1n) is 9.74. The van der Waals surface area contributed by atoms with Gasteiger partial charge in [0.25, 0.3) is 5.89 Å². The molecule has 4 aliphatic rings. The predicted molar refractivity (Wildman–Crippen MR) is 99.9 cm³/mol. The molecule has 0 N–H and O–H groups in total. The van der Waals surface area contributed by atoms with Crippen LogP contribution in [0.3, 0.4) is 0 Å². The third kappa shape index (κ3) is 2.96. The van der Waals surface area contributed by atoms with Crippen LogP contribution in [0, 0.1) is 17.3 Å². The van der Waals surface area contributed by atoms with Gasteiger partial charge in [-0.25, -0.2) is 0 Å². The highest BCUT2D eigenvalue weighted by molar-refractivity contribution is 6.24. The number of halogens is 1. The second-order valence-corrected chi connectivity index (χ2v) is 9.55.